The molecule has 2 N–H and O–H groups in total. The Hall–Kier alpha value is -3.63. The number of aromatic nitrogens is 2. The summed E-state index contributed by atoms with van der Waals surface area (Å²) in [7, 11) is 0. The molecule has 10 heteroatoms. The zero-order valence-corrected chi connectivity index (χ0v) is 24.9. The third kappa shape index (κ3) is 7.98. The Balaban J connectivity index is 0.00000111. The van der Waals surface area contributed by atoms with E-state index in [1.165, 1.54) is 6.07 Å². The van der Waals surface area contributed by atoms with E-state index in [1.54, 1.807) is 34.1 Å². The lowest BCUT2D eigenvalue weighted by atomic mass is 10.0. The molecule has 2 aliphatic rings. The Morgan fingerprint density at radius 1 is 0.951 bits per heavy atom. The van der Waals surface area contributed by atoms with E-state index in [0.29, 0.717) is 61.8 Å². The zero-order valence-electron chi connectivity index (χ0n) is 24.9. The second kappa shape index (κ2) is 15.4. The quantitative estimate of drug-likeness (QED) is 0.492. The smallest absolute Gasteiger partial charge is 0.272 e. The molecule has 1 aromatic heterocycles. The van der Waals surface area contributed by atoms with Crippen LogP contribution in [0, 0.1) is 5.82 Å². The molecular weight excluding hydrogens is 523 g/mol. The van der Waals surface area contributed by atoms with Crippen LogP contribution in [-0.2, 0) is 11.2 Å². The second-order valence-electron chi connectivity index (χ2n) is 9.80. The normalized spacial score (nSPS) is 17.3. The number of carbonyl (C=O) groups is 2. The van der Waals surface area contributed by atoms with Crippen LogP contribution in [-0.4, -0.2) is 95.1 Å². The molecule has 1 unspecified atom stereocenters. The van der Waals surface area contributed by atoms with Crippen LogP contribution in [0.2, 0.25) is 0 Å². The number of H-pyrrole nitrogens is 1. The molecule has 222 valence electrons. The van der Waals surface area contributed by atoms with Crippen molar-refractivity contribution in [3.8, 4) is 0 Å². The number of fused-ring (bicyclic) bond motifs is 1. The van der Waals surface area contributed by atoms with Gasteiger partial charge in [-0.25, -0.2) is 9.49 Å². The van der Waals surface area contributed by atoms with E-state index < -0.39 is 5.82 Å². The van der Waals surface area contributed by atoms with Crippen LogP contribution in [0.25, 0.3) is 10.8 Å². The van der Waals surface area contributed by atoms with Crippen molar-refractivity contribution in [1.29, 1.82) is 0 Å². The number of hydrogen-bond acceptors (Lipinski definition) is 6. The van der Waals surface area contributed by atoms with Crippen LogP contribution < -0.4 is 10.9 Å². The fraction of sp³-hybridized carbons (Fsp3) is 0.484. The molecule has 0 bridgehead atoms. The third-order valence-corrected chi connectivity index (χ3v) is 7.14. The van der Waals surface area contributed by atoms with Crippen LogP contribution in [0.5, 0.6) is 0 Å². The molecular formula is C31H43FN6O3. The number of benzene rings is 2. The van der Waals surface area contributed by atoms with Gasteiger partial charge in [0.15, 0.2) is 0 Å². The van der Waals surface area contributed by atoms with Crippen molar-refractivity contribution in [3.05, 3.63) is 75.5 Å². The number of aromatic amines is 1. The number of halogens is 1. The van der Waals surface area contributed by atoms with Gasteiger partial charge in [0.2, 0.25) is 5.91 Å². The molecule has 2 aliphatic heterocycles. The van der Waals surface area contributed by atoms with E-state index >= 15 is 0 Å². The monoisotopic (exact) mass is 566 g/mol. The van der Waals surface area contributed by atoms with Gasteiger partial charge in [-0.1, -0.05) is 52.0 Å². The summed E-state index contributed by atoms with van der Waals surface area (Å²) in [6.45, 7) is 14.6. The van der Waals surface area contributed by atoms with Gasteiger partial charge in [-0.2, -0.15) is 5.10 Å². The highest BCUT2D eigenvalue weighted by Crippen LogP contribution is 2.20. The third-order valence-electron chi connectivity index (χ3n) is 7.14. The number of hydrogen-bond donors (Lipinski definition) is 2. The maximum atomic E-state index is 14.7. The summed E-state index contributed by atoms with van der Waals surface area (Å²) < 4.78 is 14.7. The first kappa shape index (κ1) is 31.9. The average molecular weight is 567 g/mol. The van der Waals surface area contributed by atoms with Gasteiger partial charge < -0.3 is 15.1 Å². The fourth-order valence-corrected chi connectivity index (χ4v) is 5.12. The summed E-state index contributed by atoms with van der Waals surface area (Å²) >= 11 is 0. The fourth-order valence-electron chi connectivity index (χ4n) is 5.12. The van der Waals surface area contributed by atoms with Crippen molar-refractivity contribution in [1.82, 2.24) is 30.2 Å². The molecule has 2 amide bonds. The number of rotatable bonds is 5. The Labute approximate surface area is 241 Å². The Bertz CT molecular complexity index is 1370. The molecule has 1 atom stereocenters. The molecule has 5 rings (SSSR count). The van der Waals surface area contributed by atoms with Gasteiger partial charge >= 0.3 is 0 Å². The van der Waals surface area contributed by atoms with E-state index in [-0.39, 0.29) is 22.9 Å². The standard InChI is InChI=1S/C27H31FN6O3.2C2H6/c1-18-16-32(9-8-29-18)17-25(35)33-10-12-34(13-11-33)27(37)22-14-19(6-7-23(22)28)15-24-20-4-2-3-5-21(20)26(36)31-30-24;2*1-2/h2-7,14,18,29H,8-13,15-17H2,1H3,(H,31,36);2*1-2H3. The van der Waals surface area contributed by atoms with Crippen molar-refractivity contribution >= 4 is 22.6 Å². The summed E-state index contributed by atoms with van der Waals surface area (Å²) in [5, 5.41) is 11.3. The Morgan fingerprint density at radius 2 is 1.61 bits per heavy atom. The van der Waals surface area contributed by atoms with Crippen molar-refractivity contribution in [2.24, 2.45) is 0 Å². The topological polar surface area (TPSA) is 102 Å². The predicted octanol–water partition coefficient (Wildman–Crippen LogP) is 3.28. The van der Waals surface area contributed by atoms with Gasteiger partial charge in [0, 0.05) is 63.7 Å². The van der Waals surface area contributed by atoms with Gasteiger partial charge in [-0.15, -0.1) is 0 Å². The van der Waals surface area contributed by atoms with Crippen LogP contribution in [0.1, 0.15) is 56.2 Å². The van der Waals surface area contributed by atoms with Gasteiger partial charge in [-0.3, -0.25) is 19.3 Å². The SMILES string of the molecule is CC.CC.CC1CN(CC(=O)N2CCN(C(=O)c3cc(Cc4n[nH]c(=O)c5ccccc45)ccc3F)CC2)CCN1. The summed E-state index contributed by atoms with van der Waals surface area (Å²) in [6, 6.07) is 12.0. The van der Waals surface area contributed by atoms with Gasteiger partial charge in [0.1, 0.15) is 5.82 Å². The maximum absolute atomic E-state index is 14.7. The lowest BCUT2D eigenvalue weighted by Gasteiger charge is -2.37. The number of amides is 2. The summed E-state index contributed by atoms with van der Waals surface area (Å²) in [5.41, 5.74) is 1.09. The van der Waals surface area contributed by atoms with Gasteiger partial charge in [0.25, 0.3) is 11.5 Å². The minimum Gasteiger partial charge on any atom is -0.338 e. The van der Waals surface area contributed by atoms with Gasteiger partial charge in [-0.05, 0) is 30.7 Å². The first-order valence-electron chi connectivity index (χ1n) is 14.7. The molecule has 3 aromatic rings. The van der Waals surface area contributed by atoms with Crippen LogP contribution >= 0.6 is 0 Å². The summed E-state index contributed by atoms with van der Waals surface area (Å²) in [6.07, 6.45) is 0.338. The van der Waals surface area contributed by atoms with Crippen molar-refractivity contribution in [2.75, 3.05) is 52.4 Å². The zero-order chi connectivity index (χ0) is 29.9. The molecule has 41 heavy (non-hydrogen) atoms. The molecule has 0 spiro atoms. The van der Waals surface area contributed by atoms with E-state index in [1.807, 2.05) is 39.8 Å². The molecule has 2 aromatic carbocycles. The molecule has 9 nitrogen and oxygen atoms in total. The Kier molecular flexibility index (Phi) is 12.0. The number of nitrogens with zero attached hydrogens (tertiary/aromatic N) is 4. The highest BCUT2D eigenvalue weighted by Gasteiger charge is 2.28. The minimum atomic E-state index is -0.584. The Morgan fingerprint density at radius 3 is 2.29 bits per heavy atom. The number of piperazine rings is 2. The molecule has 0 saturated carbocycles. The predicted molar refractivity (Wildman–Crippen MR) is 161 cm³/mol. The molecule has 2 saturated heterocycles. The average Bonchev–Trinajstić information content (AvgIpc) is 3.01. The van der Waals surface area contributed by atoms with Crippen LogP contribution in [0.4, 0.5) is 4.39 Å². The lowest BCUT2D eigenvalue weighted by molar-refractivity contribution is -0.134. The van der Waals surface area contributed by atoms with Gasteiger partial charge in [0.05, 0.1) is 23.2 Å². The number of nitrogens with one attached hydrogen (secondary N) is 2. The van der Waals surface area contributed by atoms with Crippen molar-refractivity contribution in [2.45, 2.75) is 47.1 Å². The molecule has 0 aliphatic carbocycles. The van der Waals surface area contributed by atoms with E-state index in [2.05, 4.69) is 27.3 Å². The molecule has 2 fully saturated rings. The largest absolute Gasteiger partial charge is 0.338 e. The van der Waals surface area contributed by atoms with Crippen molar-refractivity contribution < 1.29 is 14.0 Å². The van der Waals surface area contributed by atoms with Crippen molar-refractivity contribution in [3.63, 3.8) is 0 Å². The first-order chi connectivity index (χ1) is 19.9. The van der Waals surface area contributed by atoms with E-state index in [0.717, 1.165) is 25.0 Å². The highest BCUT2D eigenvalue weighted by atomic mass is 19.1. The number of carbonyl (C=O) groups excluding carboxylic acids is 2. The summed E-state index contributed by atoms with van der Waals surface area (Å²) in [5.74, 6) is -0.906. The maximum Gasteiger partial charge on any atom is 0.272 e. The second-order valence-corrected chi connectivity index (χ2v) is 9.80. The van der Waals surface area contributed by atoms with E-state index in [4.69, 9.17) is 0 Å². The van der Waals surface area contributed by atoms with Crippen LogP contribution in [0.15, 0.2) is 47.3 Å². The van der Waals surface area contributed by atoms with E-state index in [9.17, 15) is 18.8 Å². The lowest BCUT2D eigenvalue weighted by Crippen LogP contribution is -2.55. The highest BCUT2D eigenvalue weighted by molar-refractivity contribution is 5.95. The van der Waals surface area contributed by atoms with Crippen LogP contribution in [0.3, 0.4) is 0 Å². The first-order valence-corrected chi connectivity index (χ1v) is 14.7. The molecule has 0 radical (unpaired) electrons. The summed E-state index contributed by atoms with van der Waals surface area (Å²) in [4.78, 5) is 43.6. The molecule has 3 heterocycles. The minimum absolute atomic E-state index is 0.000751.